The molecule has 0 heterocycles. The molecule has 27 heavy (non-hydrogen) atoms. The van der Waals surface area contributed by atoms with Gasteiger partial charge in [-0.05, 0) is 56.1 Å². The Hall–Kier alpha value is -2.74. The highest BCUT2D eigenvalue weighted by molar-refractivity contribution is 5.89. The molecule has 2 N–H and O–H groups in total. The Morgan fingerprint density at radius 3 is 2.15 bits per heavy atom. The number of anilines is 1. The van der Waals surface area contributed by atoms with E-state index in [-0.39, 0.29) is 11.7 Å². The minimum Gasteiger partial charge on any atom is -0.497 e. The molecule has 5 nitrogen and oxygen atoms in total. The Morgan fingerprint density at radius 1 is 1.07 bits per heavy atom. The number of ether oxygens (including phenoxy) is 1. The summed E-state index contributed by atoms with van der Waals surface area (Å²) in [5.41, 5.74) is 0.516. The van der Waals surface area contributed by atoms with Gasteiger partial charge in [-0.1, -0.05) is 12.1 Å². The minimum absolute atomic E-state index is 0.0748. The highest BCUT2D eigenvalue weighted by atomic mass is 19.4. The van der Waals surface area contributed by atoms with Crippen molar-refractivity contribution in [2.45, 2.75) is 12.2 Å². The molecular weight excluding hydrogens is 359 g/mol. The molecule has 0 bridgehead atoms. The SMILES string of the molecule is COc1ccc(C(CNC(=O)Nc2ccc(C(F)(F)F)cc2)N(C)C)cc1. The van der Waals surface area contributed by atoms with Crippen LogP contribution in [0, 0.1) is 0 Å². The van der Waals surface area contributed by atoms with E-state index in [1.165, 1.54) is 12.1 Å². The quantitative estimate of drug-likeness (QED) is 0.791. The fourth-order valence-electron chi connectivity index (χ4n) is 2.53. The van der Waals surface area contributed by atoms with Crippen LogP contribution in [0.5, 0.6) is 5.75 Å². The molecule has 0 aromatic heterocycles. The molecule has 8 heteroatoms. The van der Waals surface area contributed by atoms with E-state index in [2.05, 4.69) is 10.6 Å². The Bertz CT molecular complexity index is 744. The van der Waals surface area contributed by atoms with E-state index in [0.717, 1.165) is 23.4 Å². The van der Waals surface area contributed by atoms with Gasteiger partial charge in [-0.15, -0.1) is 0 Å². The molecular formula is C19H22F3N3O2. The van der Waals surface area contributed by atoms with E-state index < -0.39 is 17.8 Å². The average Bonchev–Trinajstić information content (AvgIpc) is 2.62. The number of benzene rings is 2. The molecule has 2 aromatic carbocycles. The number of rotatable bonds is 6. The molecule has 2 rings (SSSR count). The Morgan fingerprint density at radius 2 is 1.67 bits per heavy atom. The van der Waals surface area contributed by atoms with Gasteiger partial charge in [0, 0.05) is 12.2 Å². The first kappa shape index (κ1) is 20.6. The van der Waals surface area contributed by atoms with Gasteiger partial charge in [0.25, 0.3) is 0 Å². The van der Waals surface area contributed by atoms with Gasteiger partial charge in [-0.3, -0.25) is 0 Å². The molecule has 0 spiro atoms. The first-order valence-electron chi connectivity index (χ1n) is 8.23. The predicted octanol–water partition coefficient (Wildman–Crippen LogP) is 4.14. The molecule has 0 aliphatic carbocycles. The Labute approximate surface area is 156 Å². The lowest BCUT2D eigenvalue weighted by molar-refractivity contribution is -0.137. The third-order valence-electron chi connectivity index (χ3n) is 4.05. The van der Waals surface area contributed by atoms with Crippen molar-refractivity contribution in [3.05, 3.63) is 59.7 Å². The van der Waals surface area contributed by atoms with Gasteiger partial charge in [-0.2, -0.15) is 13.2 Å². The maximum absolute atomic E-state index is 12.6. The topological polar surface area (TPSA) is 53.6 Å². The van der Waals surface area contributed by atoms with Crippen molar-refractivity contribution in [3.63, 3.8) is 0 Å². The van der Waals surface area contributed by atoms with Crippen molar-refractivity contribution in [2.75, 3.05) is 33.1 Å². The lowest BCUT2D eigenvalue weighted by Crippen LogP contribution is -2.36. The van der Waals surface area contributed by atoms with Crippen LogP contribution < -0.4 is 15.4 Å². The summed E-state index contributed by atoms with van der Waals surface area (Å²) >= 11 is 0. The second-order valence-electron chi connectivity index (χ2n) is 6.16. The van der Waals surface area contributed by atoms with E-state index in [9.17, 15) is 18.0 Å². The van der Waals surface area contributed by atoms with Crippen molar-refractivity contribution < 1.29 is 22.7 Å². The number of hydrogen-bond donors (Lipinski definition) is 2. The second kappa shape index (κ2) is 8.77. The third-order valence-corrected chi connectivity index (χ3v) is 4.05. The summed E-state index contributed by atoms with van der Waals surface area (Å²) in [6.45, 7) is 0.325. The highest BCUT2D eigenvalue weighted by Gasteiger charge is 2.30. The number of hydrogen-bond acceptors (Lipinski definition) is 3. The summed E-state index contributed by atoms with van der Waals surface area (Å²) in [5.74, 6) is 0.740. The van der Waals surface area contributed by atoms with Crippen LogP contribution in [0.4, 0.5) is 23.7 Å². The summed E-state index contributed by atoms with van der Waals surface area (Å²) < 4.78 is 42.8. The smallest absolute Gasteiger partial charge is 0.416 e. The zero-order valence-corrected chi connectivity index (χ0v) is 15.3. The summed E-state index contributed by atoms with van der Waals surface area (Å²) in [4.78, 5) is 14.0. The first-order valence-corrected chi connectivity index (χ1v) is 8.23. The normalized spacial score (nSPS) is 12.6. The van der Waals surface area contributed by atoms with Crippen LogP contribution in [-0.4, -0.2) is 38.7 Å². The molecule has 2 aromatic rings. The summed E-state index contributed by atoms with van der Waals surface area (Å²) in [5, 5.41) is 5.27. The van der Waals surface area contributed by atoms with Gasteiger partial charge in [0.15, 0.2) is 0 Å². The van der Waals surface area contributed by atoms with Gasteiger partial charge >= 0.3 is 12.2 Å². The molecule has 0 saturated heterocycles. The average molecular weight is 381 g/mol. The second-order valence-corrected chi connectivity index (χ2v) is 6.16. The molecule has 1 atom stereocenters. The number of amides is 2. The van der Waals surface area contributed by atoms with Gasteiger partial charge in [0.05, 0.1) is 18.7 Å². The number of nitrogens with zero attached hydrogens (tertiary/aromatic N) is 1. The maximum atomic E-state index is 12.6. The van der Waals surface area contributed by atoms with Gasteiger partial charge in [0.1, 0.15) is 5.75 Å². The number of urea groups is 1. The van der Waals surface area contributed by atoms with Crippen LogP contribution >= 0.6 is 0 Å². The number of likely N-dealkylation sites (N-methyl/N-ethyl adjacent to an activating group) is 1. The molecule has 2 amide bonds. The molecule has 146 valence electrons. The highest BCUT2D eigenvalue weighted by Crippen LogP contribution is 2.29. The van der Waals surface area contributed by atoms with Crippen LogP contribution in [-0.2, 0) is 6.18 Å². The van der Waals surface area contributed by atoms with Crippen molar-refractivity contribution in [1.29, 1.82) is 0 Å². The van der Waals surface area contributed by atoms with Crippen LogP contribution in [0.25, 0.3) is 0 Å². The lowest BCUT2D eigenvalue weighted by atomic mass is 10.1. The van der Waals surface area contributed by atoms with Crippen LogP contribution in [0.15, 0.2) is 48.5 Å². The number of methoxy groups -OCH3 is 1. The molecule has 0 radical (unpaired) electrons. The Kier molecular flexibility index (Phi) is 6.68. The molecule has 0 fully saturated rings. The van der Waals surface area contributed by atoms with Crippen LogP contribution in [0.1, 0.15) is 17.2 Å². The van der Waals surface area contributed by atoms with Crippen molar-refractivity contribution in [3.8, 4) is 5.75 Å². The van der Waals surface area contributed by atoms with E-state index in [1.54, 1.807) is 7.11 Å². The first-order chi connectivity index (χ1) is 12.7. The third kappa shape index (κ3) is 5.89. The van der Waals surface area contributed by atoms with Gasteiger partial charge in [0.2, 0.25) is 0 Å². The minimum atomic E-state index is -4.40. The van der Waals surface area contributed by atoms with E-state index in [0.29, 0.717) is 6.54 Å². The summed E-state index contributed by atoms with van der Waals surface area (Å²) in [6.07, 6.45) is -4.40. The van der Waals surface area contributed by atoms with E-state index in [1.807, 2.05) is 43.3 Å². The summed E-state index contributed by atoms with van der Waals surface area (Å²) in [6, 6.07) is 11.2. The standard InChI is InChI=1S/C19H22F3N3O2/c1-25(2)17(13-4-10-16(27-3)11-5-13)12-23-18(26)24-15-8-6-14(7-9-15)19(20,21)22/h4-11,17H,12H2,1-3H3,(H2,23,24,26). The lowest BCUT2D eigenvalue weighted by Gasteiger charge is -2.25. The zero-order chi connectivity index (χ0) is 20.0. The van der Waals surface area contributed by atoms with Crippen molar-refractivity contribution in [2.24, 2.45) is 0 Å². The van der Waals surface area contributed by atoms with Crippen molar-refractivity contribution in [1.82, 2.24) is 10.2 Å². The van der Waals surface area contributed by atoms with E-state index >= 15 is 0 Å². The maximum Gasteiger partial charge on any atom is 0.416 e. The summed E-state index contributed by atoms with van der Waals surface area (Å²) in [7, 11) is 5.38. The largest absolute Gasteiger partial charge is 0.497 e. The van der Waals surface area contributed by atoms with E-state index in [4.69, 9.17) is 4.74 Å². The number of halogens is 3. The van der Waals surface area contributed by atoms with Gasteiger partial charge < -0.3 is 20.3 Å². The Balaban J connectivity index is 1.95. The molecule has 0 saturated carbocycles. The van der Waals surface area contributed by atoms with Gasteiger partial charge in [-0.25, -0.2) is 4.79 Å². The van der Waals surface area contributed by atoms with Crippen LogP contribution in [0.3, 0.4) is 0 Å². The monoisotopic (exact) mass is 381 g/mol. The fraction of sp³-hybridized carbons (Fsp3) is 0.316. The molecule has 1 unspecified atom stereocenters. The number of nitrogens with one attached hydrogen (secondary N) is 2. The molecule has 0 aliphatic rings. The van der Waals surface area contributed by atoms with Crippen LogP contribution in [0.2, 0.25) is 0 Å². The number of carbonyl (C=O) groups is 1. The fourth-order valence-corrected chi connectivity index (χ4v) is 2.53. The number of alkyl halides is 3. The predicted molar refractivity (Wildman–Crippen MR) is 97.9 cm³/mol. The number of carbonyl (C=O) groups excluding carboxylic acids is 1. The zero-order valence-electron chi connectivity index (χ0n) is 15.3. The van der Waals surface area contributed by atoms with Crippen molar-refractivity contribution >= 4 is 11.7 Å². The molecule has 0 aliphatic heterocycles.